The van der Waals surface area contributed by atoms with Gasteiger partial charge in [0.1, 0.15) is 0 Å². The van der Waals surface area contributed by atoms with Gasteiger partial charge in [-0.15, -0.1) is 19.7 Å². The Morgan fingerprint density at radius 3 is 1.89 bits per heavy atom. The number of nitrogens with one attached hydrogen (secondary N) is 1. The van der Waals surface area contributed by atoms with Gasteiger partial charge in [-0.1, -0.05) is 69.4 Å². The van der Waals surface area contributed by atoms with Crippen LogP contribution in [-0.4, -0.2) is 32.5 Å². The van der Waals surface area contributed by atoms with Gasteiger partial charge in [0.2, 0.25) is 15.7 Å². The number of pyridine rings is 1. The highest BCUT2D eigenvalue weighted by molar-refractivity contribution is 7.91. The number of primary sulfonamides is 1. The van der Waals surface area contributed by atoms with Crippen molar-refractivity contribution in [3.63, 3.8) is 0 Å². The molecular weight excluding hydrogens is 696 g/mol. The quantitative estimate of drug-likeness (QED) is 0.189. The SMILES string of the molecule is CC(C)c1cc(-c2ccccc2)cc(C(C)C)[n+]1CC(=O)Nc1ccc(S(=O)(=O)/N=c2\sc(S(N)(=O)=O)nn2C)cc1.[O-][Cl+3]([O-])([O-])[O-]. The molecule has 0 spiro atoms. The number of aromatic nitrogens is 3. The Morgan fingerprint density at radius 2 is 1.45 bits per heavy atom. The summed E-state index contributed by atoms with van der Waals surface area (Å²) in [6.45, 7) is 8.45. The molecule has 2 heterocycles. The number of sulfonamides is 2. The topological polar surface area (TPSA) is 250 Å². The smallest absolute Gasteiger partial charge is 0.290 e. The Labute approximate surface area is 278 Å². The van der Waals surface area contributed by atoms with Crippen LogP contribution in [0.25, 0.3) is 11.1 Å². The van der Waals surface area contributed by atoms with E-state index in [4.69, 9.17) is 23.8 Å². The van der Waals surface area contributed by atoms with Crippen LogP contribution < -0.4 is 38.5 Å². The lowest BCUT2D eigenvalue weighted by Gasteiger charge is -2.17. The zero-order valence-corrected chi connectivity index (χ0v) is 29.1. The van der Waals surface area contributed by atoms with Crippen molar-refractivity contribution < 1.29 is 55.1 Å². The third-order valence-corrected chi connectivity index (χ3v) is 10.1. The Hall–Kier alpha value is -3.59. The molecule has 0 atom stereocenters. The first-order valence-electron chi connectivity index (χ1n) is 13.7. The van der Waals surface area contributed by atoms with Crippen LogP contribution in [0.5, 0.6) is 0 Å². The summed E-state index contributed by atoms with van der Waals surface area (Å²) in [5.41, 5.74) is 4.67. The van der Waals surface area contributed by atoms with Crippen molar-refractivity contribution in [3.8, 4) is 11.1 Å². The Kier molecular flexibility index (Phi) is 12.2. The molecule has 0 aliphatic carbocycles. The molecule has 4 aromatic rings. The standard InChI is InChI=1S/C28H32N6O5S3.ClHO4/c1-18(2)24-15-21(20-9-7-6-8-10-20)16-25(19(3)4)34(24)17-26(35)30-22-11-13-23(14-12-22)42(38,39)32-27-33(5)31-28(40-27)41(29,36)37;2-1(3,4)5/h6-16,18-19H,17H2,1-5H3,(H2-,29,30,35,36,37);(H,2,3,4,5)/b32-27-;. The van der Waals surface area contributed by atoms with E-state index in [1.54, 1.807) is 0 Å². The number of nitrogens with zero attached hydrogens (tertiary/aromatic N) is 4. The van der Waals surface area contributed by atoms with Crippen LogP contribution in [-0.2, 0) is 38.4 Å². The van der Waals surface area contributed by atoms with Gasteiger partial charge < -0.3 is 5.32 Å². The van der Waals surface area contributed by atoms with Gasteiger partial charge in [0, 0.05) is 36.7 Å². The van der Waals surface area contributed by atoms with Crippen molar-refractivity contribution in [1.82, 2.24) is 9.78 Å². The molecule has 19 heteroatoms. The summed E-state index contributed by atoms with van der Waals surface area (Å²) in [6, 6.07) is 19.9. The summed E-state index contributed by atoms with van der Waals surface area (Å²) in [7, 11) is -11.9. The molecule has 0 aliphatic rings. The number of nitrogens with two attached hydrogens (primary N) is 1. The van der Waals surface area contributed by atoms with Crippen molar-refractivity contribution >= 4 is 43.0 Å². The first-order chi connectivity index (χ1) is 21.7. The molecule has 1 amide bonds. The summed E-state index contributed by atoms with van der Waals surface area (Å²) in [4.78, 5) is 12.9. The zero-order valence-electron chi connectivity index (χ0n) is 25.9. The zero-order chi connectivity index (χ0) is 35.3. The number of halogens is 1. The van der Waals surface area contributed by atoms with Crippen LogP contribution in [0.2, 0.25) is 0 Å². The summed E-state index contributed by atoms with van der Waals surface area (Å²) < 4.78 is 89.1. The van der Waals surface area contributed by atoms with Gasteiger partial charge >= 0.3 is 0 Å². The molecule has 2 aromatic heterocycles. The van der Waals surface area contributed by atoms with Crippen LogP contribution >= 0.6 is 11.3 Å². The van der Waals surface area contributed by atoms with Gasteiger partial charge in [0.25, 0.3) is 26.0 Å². The second kappa shape index (κ2) is 15.1. The molecule has 0 saturated heterocycles. The lowest BCUT2D eigenvalue weighted by molar-refractivity contribution is -2.00. The van der Waals surface area contributed by atoms with Gasteiger partial charge in [-0.25, -0.2) is 36.9 Å². The second-order valence-electron chi connectivity index (χ2n) is 10.7. The molecule has 0 bridgehead atoms. The predicted molar refractivity (Wildman–Crippen MR) is 161 cm³/mol. The summed E-state index contributed by atoms with van der Waals surface area (Å²) in [6.07, 6.45) is 0. The first kappa shape index (κ1) is 37.9. The van der Waals surface area contributed by atoms with Crippen LogP contribution in [0, 0.1) is 10.2 Å². The molecule has 0 aliphatic heterocycles. The highest BCUT2D eigenvalue weighted by Gasteiger charge is 2.26. The summed E-state index contributed by atoms with van der Waals surface area (Å²) in [5, 5.41) is 11.6. The number of amides is 1. The number of hydrogen-bond donors (Lipinski definition) is 2. The third-order valence-electron chi connectivity index (χ3n) is 6.39. The van der Waals surface area contributed by atoms with E-state index in [2.05, 4.69) is 66.8 Å². The number of carbonyl (C=O) groups excluding carboxylic acids is 1. The van der Waals surface area contributed by atoms with Crippen molar-refractivity contribution in [2.75, 3.05) is 5.32 Å². The maximum absolute atomic E-state index is 13.2. The average Bonchev–Trinajstić information content (AvgIpc) is 3.32. The van der Waals surface area contributed by atoms with Gasteiger partial charge in [-0.05, 0) is 35.4 Å². The fraction of sp³-hybridized carbons (Fsp3) is 0.286. The van der Waals surface area contributed by atoms with Crippen LogP contribution in [0.15, 0.2) is 80.4 Å². The summed E-state index contributed by atoms with van der Waals surface area (Å²) in [5.74, 6) is 0.0611. The van der Waals surface area contributed by atoms with Crippen molar-refractivity contribution in [2.45, 2.75) is 55.3 Å². The highest BCUT2D eigenvalue weighted by atomic mass is 35.7. The lowest BCUT2D eigenvalue weighted by atomic mass is 9.97. The molecular formula is C28H33ClN6O9S3. The number of hydrogen-bond acceptors (Lipinski definition) is 11. The minimum absolute atomic E-state index is 0.0831. The van der Waals surface area contributed by atoms with E-state index >= 15 is 0 Å². The molecule has 2 aromatic carbocycles. The second-order valence-corrected chi connectivity index (χ2v) is 15.7. The normalized spacial score (nSPS) is 12.6. The third kappa shape index (κ3) is 11.0. The maximum atomic E-state index is 13.2. The van der Waals surface area contributed by atoms with Crippen LogP contribution in [0.3, 0.4) is 0 Å². The van der Waals surface area contributed by atoms with Gasteiger partial charge in [-0.2, -0.15) is 13.0 Å². The molecule has 254 valence electrons. The number of anilines is 1. The molecule has 47 heavy (non-hydrogen) atoms. The highest BCUT2D eigenvalue weighted by Crippen LogP contribution is 2.26. The molecule has 3 N–H and O–H groups in total. The van der Waals surface area contributed by atoms with E-state index < -0.39 is 34.6 Å². The average molecular weight is 729 g/mol. The van der Waals surface area contributed by atoms with E-state index in [-0.39, 0.29) is 34.0 Å². The van der Waals surface area contributed by atoms with Crippen molar-refractivity contribution in [3.05, 3.63) is 82.9 Å². The first-order valence-corrected chi connectivity index (χ1v) is 18.7. The van der Waals surface area contributed by atoms with Gasteiger partial charge in [-0.3, -0.25) is 4.79 Å². The Bertz CT molecular complexity index is 1970. The molecule has 0 unspecified atom stereocenters. The number of benzene rings is 2. The monoisotopic (exact) mass is 728 g/mol. The van der Waals surface area contributed by atoms with E-state index in [0.29, 0.717) is 17.0 Å². The Morgan fingerprint density at radius 1 is 0.936 bits per heavy atom. The fourth-order valence-electron chi connectivity index (χ4n) is 4.33. The largest absolute Gasteiger partial charge is 0.321 e. The molecule has 0 radical (unpaired) electrons. The van der Waals surface area contributed by atoms with E-state index in [1.165, 1.54) is 31.3 Å². The van der Waals surface area contributed by atoms with Crippen LogP contribution in [0.4, 0.5) is 5.69 Å². The minimum atomic E-state index is -4.94. The predicted octanol–water partition coefficient (Wildman–Crippen LogP) is -1.50. The van der Waals surface area contributed by atoms with E-state index in [0.717, 1.165) is 27.2 Å². The van der Waals surface area contributed by atoms with Gasteiger partial charge in [0.15, 0.2) is 11.4 Å². The summed E-state index contributed by atoms with van der Waals surface area (Å²) >= 11 is 0.540. The molecule has 0 fully saturated rings. The van der Waals surface area contributed by atoms with Crippen LogP contribution in [0.1, 0.15) is 50.9 Å². The van der Waals surface area contributed by atoms with Crippen molar-refractivity contribution in [2.24, 2.45) is 16.6 Å². The molecule has 4 rings (SSSR count). The molecule has 0 saturated carbocycles. The van der Waals surface area contributed by atoms with Gasteiger partial charge in [0.05, 0.1) is 4.90 Å². The number of carbonyl (C=O) groups is 1. The maximum Gasteiger partial charge on any atom is 0.290 e. The van der Waals surface area contributed by atoms with Crippen molar-refractivity contribution in [1.29, 1.82) is 0 Å². The lowest BCUT2D eigenvalue weighted by Crippen LogP contribution is -2.68. The number of aryl methyl sites for hydroxylation is 1. The minimum Gasteiger partial charge on any atom is -0.321 e. The van der Waals surface area contributed by atoms with E-state index in [9.17, 15) is 21.6 Å². The van der Waals surface area contributed by atoms with E-state index in [1.807, 2.05) is 22.8 Å². The Balaban J connectivity index is 0.00000111. The fourth-order valence-corrected chi connectivity index (χ4v) is 7.10. The number of rotatable bonds is 9. The molecule has 15 nitrogen and oxygen atoms in total.